The largest absolute Gasteiger partial charge is 1.00 e. The molecule has 0 radical (unpaired) electrons. The van der Waals surface area contributed by atoms with E-state index in [1.165, 1.54) is 4.31 Å². The molecule has 0 saturated carbocycles. The summed E-state index contributed by atoms with van der Waals surface area (Å²) in [5.74, 6) is 0. The van der Waals surface area contributed by atoms with Gasteiger partial charge in [-0.15, -0.1) is 13.2 Å². The van der Waals surface area contributed by atoms with Gasteiger partial charge in [0.15, 0.2) is 0 Å². The van der Waals surface area contributed by atoms with Crippen LogP contribution in [0.1, 0.15) is 5.56 Å². The fraction of sp³-hybridized carbons (Fsp3) is 0.412. The highest BCUT2D eigenvalue weighted by molar-refractivity contribution is 7.89. The molecule has 0 aromatic heterocycles. The average molecular weight is 450 g/mol. The standard InChI is InChI=1S/C17H27N2O2S.HI/c1-6-13-18(14-7-2)22(20,21)17-10-8-16(9-11-17)12-15-19(3,4)5;/h6-11H,1-2,12-15H2,3-5H3;1H/q+1;/p-1. The van der Waals surface area contributed by atoms with E-state index >= 15 is 0 Å². The first-order valence-electron chi connectivity index (χ1n) is 7.32. The predicted molar refractivity (Wildman–Crippen MR) is 92.2 cm³/mol. The molecule has 0 heterocycles. The Morgan fingerprint density at radius 1 is 1.04 bits per heavy atom. The quantitative estimate of drug-likeness (QED) is 0.284. The maximum atomic E-state index is 12.6. The number of hydrogen-bond acceptors (Lipinski definition) is 2. The minimum absolute atomic E-state index is 0. The lowest BCUT2D eigenvalue weighted by Crippen LogP contribution is -3.00. The molecule has 0 unspecified atom stereocenters. The Hall–Kier alpha value is -0.700. The Kier molecular flexibility index (Phi) is 9.27. The average Bonchev–Trinajstić information content (AvgIpc) is 2.44. The third-order valence-electron chi connectivity index (χ3n) is 3.30. The van der Waals surface area contributed by atoms with Crippen LogP contribution < -0.4 is 24.0 Å². The molecule has 23 heavy (non-hydrogen) atoms. The Balaban J connectivity index is 0.00000484. The van der Waals surface area contributed by atoms with E-state index in [0.29, 0.717) is 4.90 Å². The van der Waals surface area contributed by atoms with Crippen molar-refractivity contribution in [2.24, 2.45) is 0 Å². The molecular weight excluding hydrogens is 423 g/mol. The zero-order valence-corrected chi connectivity index (χ0v) is 17.2. The van der Waals surface area contributed by atoms with E-state index < -0.39 is 10.0 Å². The minimum Gasteiger partial charge on any atom is -1.00 e. The smallest absolute Gasteiger partial charge is 0.243 e. The molecule has 0 spiro atoms. The van der Waals surface area contributed by atoms with Gasteiger partial charge in [-0.25, -0.2) is 8.42 Å². The van der Waals surface area contributed by atoms with E-state index in [1.807, 2.05) is 12.1 Å². The molecule has 0 fully saturated rings. The molecule has 0 amide bonds. The number of likely N-dealkylation sites (N-methyl/N-ethyl adjacent to an activating group) is 1. The molecule has 1 aromatic rings. The van der Waals surface area contributed by atoms with E-state index in [0.717, 1.165) is 23.0 Å². The molecule has 4 nitrogen and oxygen atoms in total. The lowest BCUT2D eigenvalue weighted by atomic mass is 10.1. The summed E-state index contributed by atoms with van der Waals surface area (Å²) in [5.41, 5.74) is 1.14. The van der Waals surface area contributed by atoms with Crippen molar-refractivity contribution in [3.05, 3.63) is 55.1 Å². The zero-order chi connectivity index (χ0) is 16.8. The second-order valence-corrected chi connectivity index (χ2v) is 8.25. The highest BCUT2D eigenvalue weighted by Gasteiger charge is 2.22. The summed E-state index contributed by atoms with van der Waals surface area (Å²) in [5, 5.41) is 0. The maximum Gasteiger partial charge on any atom is 0.243 e. The number of rotatable bonds is 9. The Morgan fingerprint density at radius 3 is 1.91 bits per heavy atom. The van der Waals surface area contributed by atoms with Gasteiger partial charge in [0.25, 0.3) is 0 Å². The number of quaternary nitrogens is 1. The van der Waals surface area contributed by atoms with Crippen molar-refractivity contribution in [2.45, 2.75) is 11.3 Å². The molecular formula is C17H27IN2O2S. The van der Waals surface area contributed by atoms with E-state index in [-0.39, 0.29) is 37.1 Å². The summed E-state index contributed by atoms with van der Waals surface area (Å²) in [6.07, 6.45) is 4.08. The van der Waals surface area contributed by atoms with Gasteiger partial charge in [0, 0.05) is 19.5 Å². The Labute approximate surface area is 158 Å². The minimum atomic E-state index is -3.50. The maximum absolute atomic E-state index is 12.6. The summed E-state index contributed by atoms with van der Waals surface area (Å²) in [6.45, 7) is 8.77. The molecule has 0 aliphatic rings. The van der Waals surface area contributed by atoms with Crippen LogP contribution in [0, 0.1) is 0 Å². The van der Waals surface area contributed by atoms with Crippen LogP contribution in [0.3, 0.4) is 0 Å². The summed E-state index contributed by atoms with van der Waals surface area (Å²) in [7, 11) is 2.92. The van der Waals surface area contributed by atoms with Gasteiger partial charge in [0.05, 0.1) is 32.6 Å². The van der Waals surface area contributed by atoms with E-state index in [9.17, 15) is 8.42 Å². The van der Waals surface area contributed by atoms with Crippen molar-refractivity contribution < 1.29 is 36.9 Å². The second-order valence-electron chi connectivity index (χ2n) is 6.31. The van der Waals surface area contributed by atoms with Crippen LogP contribution in [-0.2, 0) is 16.4 Å². The van der Waals surface area contributed by atoms with Gasteiger partial charge >= 0.3 is 0 Å². The van der Waals surface area contributed by atoms with Gasteiger partial charge in [-0.05, 0) is 17.7 Å². The first-order valence-corrected chi connectivity index (χ1v) is 8.76. The third-order valence-corrected chi connectivity index (χ3v) is 5.14. The highest BCUT2D eigenvalue weighted by atomic mass is 127. The van der Waals surface area contributed by atoms with Crippen LogP contribution in [-0.4, -0.2) is 58.0 Å². The van der Waals surface area contributed by atoms with Crippen molar-refractivity contribution in [2.75, 3.05) is 40.8 Å². The molecule has 1 aromatic carbocycles. The fourth-order valence-electron chi connectivity index (χ4n) is 2.00. The van der Waals surface area contributed by atoms with Crippen LogP contribution in [0.25, 0.3) is 0 Å². The zero-order valence-electron chi connectivity index (χ0n) is 14.2. The van der Waals surface area contributed by atoms with Crippen molar-refractivity contribution >= 4 is 10.0 Å². The lowest BCUT2D eigenvalue weighted by molar-refractivity contribution is -0.870. The Bertz CT molecular complexity index is 594. The van der Waals surface area contributed by atoms with Gasteiger partial charge in [-0.1, -0.05) is 24.3 Å². The first-order chi connectivity index (χ1) is 10.2. The number of hydrogen-bond donors (Lipinski definition) is 0. The van der Waals surface area contributed by atoms with Crippen molar-refractivity contribution in [3.63, 3.8) is 0 Å². The van der Waals surface area contributed by atoms with Crippen molar-refractivity contribution in [1.82, 2.24) is 4.31 Å². The summed E-state index contributed by atoms with van der Waals surface area (Å²) in [4.78, 5) is 0.310. The highest BCUT2D eigenvalue weighted by Crippen LogP contribution is 2.17. The summed E-state index contributed by atoms with van der Waals surface area (Å²) >= 11 is 0. The summed E-state index contributed by atoms with van der Waals surface area (Å²) < 4.78 is 27.4. The van der Waals surface area contributed by atoms with Gasteiger partial charge in [0.1, 0.15) is 0 Å². The Morgan fingerprint density at radius 2 is 1.52 bits per heavy atom. The molecule has 0 N–H and O–H groups in total. The first kappa shape index (κ1) is 22.3. The predicted octanol–water partition coefficient (Wildman–Crippen LogP) is -0.698. The molecule has 6 heteroatoms. The fourth-order valence-corrected chi connectivity index (χ4v) is 3.38. The van der Waals surface area contributed by atoms with Gasteiger partial charge < -0.3 is 28.5 Å². The molecule has 0 aliphatic heterocycles. The molecule has 0 atom stereocenters. The van der Waals surface area contributed by atoms with Crippen LogP contribution in [0.2, 0.25) is 0 Å². The van der Waals surface area contributed by atoms with Crippen LogP contribution >= 0.6 is 0 Å². The van der Waals surface area contributed by atoms with Gasteiger partial charge in [-0.2, -0.15) is 4.31 Å². The lowest BCUT2D eigenvalue weighted by Gasteiger charge is -2.24. The number of sulfonamides is 1. The van der Waals surface area contributed by atoms with Crippen molar-refractivity contribution in [3.8, 4) is 0 Å². The molecule has 130 valence electrons. The number of halogens is 1. The van der Waals surface area contributed by atoms with E-state index in [4.69, 9.17) is 0 Å². The molecule has 0 saturated heterocycles. The molecule has 0 aliphatic carbocycles. The van der Waals surface area contributed by atoms with E-state index in [2.05, 4.69) is 34.3 Å². The van der Waals surface area contributed by atoms with Crippen LogP contribution in [0.15, 0.2) is 54.5 Å². The van der Waals surface area contributed by atoms with Gasteiger partial charge in [0.2, 0.25) is 10.0 Å². The molecule has 0 bridgehead atoms. The molecule has 1 rings (SSSR count). The number of nitrogens with zero attached hydrogens (tertiary/aromatic N) is 2. The van der Waals surface area contributed by atoms with Crippen LogP contribution in [0.4, 0.5) is 0 Å². The number of benzene rings is 1. The van der Waals surface area contributed by atoms with Gasteiger partial charge in [-0.3, -0.25) is 0 Å². The normalized spacial score (nSPS) is 11.8. The van der Waals surface area contributed by atoms with Crippen LogP contribution in [0.5, 0.6) is 0 Å². The SMILES string of the molecule is C=CCN(CC=C)S(=O)(=O)c1ccc(CC[N+](C)(C)C)cc1.[I-]. The topological polar surface area (TPSA) is 37.4 Å². The summed E-state index contributed by atoms with van der Waals surface area (Å²) in [6, 6.07) is 7.14. The third kappa shape index (κ3) is 7.15. The second kappa shape index (κ2) is 9.56. The monoisotopic (exact) mass is 450 g/mol. The van der Waals surface area contributed by atoms with E-state index in [1.54, 1.807) is 24.3 Å². The van der Waals surface area contributed by atoms with Crippen molar-refractivity contribution in [1.29, 1.82) is 0 Å².